The number of anilines is 1. The fourth-order valence-electron chi connectivity index (χ4n) is 7.04. The highest BCUT2D eigenvalue weighted by Crippen LogP contribution is 2.60. The predicted molar refractivity (Wildman–Crippen MR) is 262 cm³/mol. The van der Waals surface area contributed by atoms with Gasteiger partial charge in [-0.05, 0) is 76.7 Å². The van der Waals surface area contributed by atoms with Gasteiger partial charge in [0, 0.05) is 19.0 Å². The molecule has 0 aliphatic carbocycles. The first-order valence-corrected chi connectivity index (χ1v) is 27.5. The second-order valence-corrected chi connectivity index (χ2v) is 20.8. The van der Waals surface area contributed by atoms with Gasteiger partial charge in [0.25, 0.3) is 0 Å². The summed E-state index contributed by atoms with van der Waals surface area (Å²) in [4.78, 5) is 61.8. The highest BCUT2D eigenvalue weighted by molar-refractivity contribution is 7.61. The van der Waals surface area contributed by atoms with Crippen LogP contribution in [0.5, 0.6) is 0 Å². The van der Waals surface area contributed by atoms with Crippen LogP contribution in [0.3, 0.4) is 0 Å². The molecule has 1 fully saturated rings. The standard InChI is InChI=1S/C48H81N3O16P2/c1-38(2)29-25-21-17-13-11-12-15-19-23-27-31-43(53)62-35-40(65-44(54)32-28-24-20-16-10-8-6-4-5-7-9-14-18-22-26-30-39(3)52)36-63-68(58,59)67-69(60,61)64-37-41-45(55)46(56)47(66-41)51-34-33-42(49)50-48(51)57/h5-8,14,16,18,20,33-34,38-41,45-47,52,55-56H,4,9-13,15,17,19,21-32,35-37H2,1-3H3,(H,58,59)(H,60,61)(H2,49,50,57)/b7-5-,8-6-,18-14-,20-16-/t39-,40+,41+,45+,46+,47+/m0/s1. The van der Waals surface area contributed by atoms with Crippen molar-refractivity contribution in [1.29, 1.82) is 0 Å². The molecule has 2 heterocycles. The molecule has 2 unspecified atom stereocenters. The summed E-state index contributed by atoms with van der Waals surface area (Å²) in [6.45, 7) is 3.92. The van der Waals surface area contributed by atoms with Crippen molar-refractivity contribution in [3.05, 3.63) is 71.4 Å². The van der Waals surface area contributed by atoms with E-state index in [1.807, 2.05) is 18.2 Å². The van der Waals surface area contributed by atoms with Gasteiger partial charge in [-0.15, -0.1) is 0 Å². The lowest BCUT2D eigenvalue weighted by Crippen LogP contribution is -2.36. The molecule has 1 aromatic heterocycles. The molecule has 1 saturated heterocycles. The second-order valence-electron chi connectivity index (χ2n) is 17.7. The van der Waals surface area contributed by atoms with Crippen molar-refractivity contribution in [2.45, 2.75) is 192 Å². The molecule has 0 radical (unpaired) electrons. The maximum atomic E-state index is 12.8. The number of nitrogen functional groups attached to an aromatic ring is 1. The van der Waals surface area contributed by atoms with Crippen LogP contribution in [0, 0.1) is 5.92 Å². The summed E-state index contributed by atoms with van der Waals surface area (Å²) in [7, 11) is -10.9. The smallest absolute Gasteiger partial charge is 0.462 e. The van der Waals surface area contributed by atoms with Gasteiger partial charge in [0.1, 0.15) is 30.7 Å². The minimum Gasteiger partial charge on any atom is -0.462 e. The first-order valence-electron chi connectivity index (χ1n) is 24.5. The maximum absolute atomic E-state index is 12.8. The summed E-state index contributed by atoms with van der Waals surface area (Å²) in [5.74, 6) is -0.637. The Hall–Kier alpha value is -3.32. The number of carbonyl (C=O) groups is 2. The molecule has 0 saturated carbocycles. The number of aliphatic hydroxyl groups is 3. The van der Waals surface area contributed by atoms with Crippen LogP contribution in [-0.2, 0) is 46.3 Å². The SMILES string of the molecule is CC(C)CCCCCCCCCCCCC(=O)OC[C@H](COP(=O)(O)OP(=O)(O)OC[C@H]1O[C@@H](n2ccc(N)nc2=O)[C@H](O)[C@@H]1O)OC(=O)CCC/C=C\C/C=C\C/C=C\C/C=C\CCC[C@H](C)O. The van der Waals surface area contributed by atoms with Crippen molar-refractivity contribution in [2.24, 2.45) is 5.92 Å². The van der Waals surface area contributed by atoms with Crippen LogP contribution >= 0.6 is 15.6 Å². The summed E-state index contributed by atoms with van der Waals surface area (Å²) in [6, 6.07) is 1.24. The molecule has 394 valence electrons. The Bertz CT molecular complexity index is 1870. The van der Waals surface area contributed by atoms with Crippen molar-refractivity contribution < 1.29 is 71.4 Å². The van der Waals surface area contributed by atoms with Crippen molar-refractivity contribution in [3.8, 4) is 0 Å². The predicted octanol–water partition coefficient (Wildman–Crippen LogP) is 8.60. The molecular weight excluding hydrogens is 936 g/mol. The summed E-state index contributed by atoms with van der Waals surface area (Å²) in [5, 5.41) is 30.2. The first-order chi connectivity index (χ1) is 32.9. The Morgan fingerprint density at radius 1 is 0.739 bits per heavy atom. The zero-order chi connectivity index (χ0) is 50.9. The highest BCUT2D eigenvalue weighted by Gasteiger charge is 2.46. The number of carbonyl (C=O) groups excluding carboxylic acids is 2. The van der Waals surface area contributed by atoms with E-state index in [2.05, 4.69) is 53.5 Å². The number of esters is 2. The maximum Gasteiger partial charge on any atom is 0.481 e. The number of nitrogens with zero attached hydrogens (tertiary/aromatic N) is 2. The van der Waals surface area contributed by atoms with E-state index in [-0.39, 0.29) is 24.8 Å². The molecule has 0 bridgehead atoms. The van der Waals surface area contributed by atoms with Gasteiger partial charge in [0.05, 0.1) is 19.3 Å². The molecule has 21 heteroatoms. The Morgan fingerprint density at radius 2 is 1.28 bits per heavy atom. The summed E-state index contributed by atoms with van der Waals surface area (Å²) in [5.41, 5.74) is 4.58. The second kappa shape index (κ2) is 35.7. The number of hydrogen-bond donors (Lipinski definition) is 6. The fraction of sp³-hybridized carbons (Fsp3) is 0.708. The molecule has 7 N–H and O–H groups in total. The number of hydrogen-bond acceptors (Lipinski definition) is 16. The minimum absolute atomic E-state index is 0.0380. The lowest BCUT2D eigenvalue weighted by Gasteiger charge is -2.21. The van der Waals surface area contributed by atoms with Crippen LogP contribution in [-0.4, -0.2) is 96.9 Å². The van der Waals surface area contributed by atoms with Gasteiger partial charge < -0.3 is 45.1 Å². The molecule has 8 atom stereocenters. The van der Waals surface area contributed by atoms with E-state index in [4.69, 9.17) is 29.0 Å². The Balaban J connectivity index is 1.84. The molecule has 0 amide bonds. The molecule has 0 spiro atoms. The molecule has 1 aliphatic heterocycles. The lowest BCUT2D eigenvalue weighted by molar-refractivity contribution is -0.161. The van der Waals surface area contributed by atoms with Gasteiger partial charge in [-0.1, -0.05) is 127 Å². The molecule has 69 heavy (non-hydrogen) atoms. The number of phosphoric ester groups is 2. The number of phosphoric acid groups is 2. The number of aromatic nitrogens is 2. The lowest BCUT2D eigenvalue weighted by atomic mass is 10.0. The van der Waals surface area contributed by atoms with Gasteiger partial charge in [0.2, 0.25) is 0 Å². The minimum atomic E-state index is -5.44. The molecule has 1 aliphatic rings. The van der Waals surface area contributed by atoms with Crippen molar-refractivity contribution in [3.63, 3.8) is 0 Å². The number of rotatable bonds is 39. The quantitative estimate of drug-likeness (QED) is 0.0156. The normalized spacial score (nSPS) is 20.3. The van der Waals surface area contributed by atoms with Crippen molar-refractivity contribution in [1.82, 2.24) is 9.55 Å². The van der Waals surface area contributed by atoms with Crippen LogP contribution in [0.15, 0.2) is 65.7 Å². The Morgan fingerprint density at radius 3 is 1.86 bits per heavy atom. The van der Waals surface area contributed by atoms with Gasteiger partial charge >= 0.3 is 33.3 Å². The summed E-state index contributed by atoms with van der Waals surface area (Å²) < 4.78 is 56.6. The van der Waals surface area contributed by atoms with Crippen LogP contribution < -0.4 is 11.4 Å². The average molecular weight is 1020 g/mol. The van der Waals surface area contributed by atoms with E-state index < -0.39 is 83.7 Å². The third-order valence-corrected chi connectivity index (χ3v) is 13.5. The molecule has 1 aromatic rings. The van der Waals surface area contributed by atoms with E-state index in [9.17, 15) is 48.6 Å². The number of nitrogens with two attached hydrogens (primary N) is 1. The van der Waals surface area contributed by atoms with E-state index >= 15 is 0 Å². The number of unbranched alkanes of at least 4 members (excludes halogenated alkanes) is 11. The van der Waals surface area contributed by atoms with E-state index in [1.54, 1.807) is 6.92 Å². The van der Waals surface area contributed by atoms with Crippen LogP contribution in [0.2, 0.25) is 0 Å². The zero-order valence-corrected chi connectivity index (χ0v) is 42.7. The van der Waals surface area contributed by atoms with E-state index in [1.165, 1.54) is 44.6 Å². The molecular formula is C48H81N3O16P2. The average Bonchev–Trinajstić information content (AvgIpc) is 3.56. The third kappa shape index (κ3) is 30.2. The van der Waals surface area contributed by atoms with Crippen molar-refractivity contribution >= 4 is 33.4 Å². The first kappa shape index (κ1) is 61.8. The van der Waals surface area contributed by atoms with E-state index in [0.717, 1.165) is 74.5 Å². The molecule has 2 rings (SSSR count). The third-order valence-electron chi connectivity index (χ3n) is 10.9. The molecule has 19 nitrogen and oxygen atoms in total. The van der Waals surface area contributed by atoms with Gasteiger partial charge in [0.15, 0.2) is 12.3 Å². The Kier molecular flexibility index (Phi) is 32.0. The highest BCUT2D eigenvalue weighted by atomic mass is 31.3. The van der Waals surface area contributed by atoms with Gasteiger partial charge in [-0.2, -0.15) is 9.29 Å². The fourth-order valence-corrected chi connectivity index (χ4v) is 9.15. The van der Waals surface area contributed by atoms with Crippen LogP contribution in [0.4, 0.5) is 5.82 Å². The van der Waals surface area contributed by atoms with Crippen molar-refractivity contribution in [2.75, 3.05) is 25.6 Å². The summed E-state index contributed by atoms with van der Waals surface area (Å²) >= 11 is 0. The van der Waals surface area contributed by atoms with E-state index in [0.29, 0.717) is 25.7 Å². The Labute approximate surface area is 408 Å². The molecule has 0 aromatic carbocycles. The van der Waals surface area contributed by atoms with Crippen LogP contribution in [0.1, 0.15) is 162 Å². The zero-order valence-electron chi connectivity index (χ0n) is 40.9. The number of aliphatic hydroxyl groups excluding tert-OH is 3. The van der Waals surface area contributed by atoms with Crippen LogP contribution in [0.25, 0.3) is 0 Å². The monoisotopic (exact) mass is 1020 g/mol. The number of ether oxygens (including phenoxy) is 3. The largest absolute Gasteiger partial charge is 0.481 e. The summed E-state index contributed by atoms with van der Waals surface area (Å²) in [6.07, 6.45) is 27.8. The topological polar surface area (TPSA) is 286 Å². The number of allylic oxidation sites excluding steroid dienone is 8. The van der Waals surface area contributed by atoms with Gasteiger partial charge in [-0.25, -0.2) is 13.9 Å². The van der Waals surface area contributed by atoms with Gasteiger partial charge in [-0.3, -0.25) is 23.2 Å².